The van der Waals surface area contributed by atoms with Gasteiger partial charge < -0.3 is 13.9 Å². The average molecular weight is 415 g/mol. The van der Waals surface area contributed by atoms with Crippen molar-refractivity contribution in [3.63, 3.8) is 0 Å². The zero-order valence-electron chi connectivity index (χ0n) is 18.1. The maximum Gasteiger partial charge on any atom is 0.305 e. The highest BCUT2D eigenvalue weighted by Crippen LogP contribution is 2.36. The first-order valence-electron chi connectivity index (χ1n) is 10.4. The molecule has 0 aliphatic rings. The number of esters is 1. The summed E-state index contributed by atoms with van der Waals surface area (Å²) in [4.78, 5) is 11.4. The van der Waals surface area contributed by atoms with E-state index in [0.717, 1.165) is 6.42 Å². The van der Waals surface area contributed by atoms with E-state index in [1.165, 1.54) is 10.4 Å². The topological polar surface area (TPSA) is 44.8 Å². The van der Waals surface area contributed by atoms with Crippen molar-refractivity contribution in [2.24, 2.45) is 0 Å². The largest absolute Gasteiger partial charge is 0.463 e. The maximum atomic E-state index is 11.4. The van der Waals surface area contributed by atoms with Gasteiger partial charge in [-0.1, -0.05) is 88.4 Å². The molecule has 0 bridgehead atoms. The molecule has 4 nitrogen and oxygen atoms in total. The molecule has 0 atom stereocenters. The van der Waals surface area contributed by atoms with E-state index in [1.54, 1.807) is 0 Å². The van der Waals surface area contributed by atoms with Gasteiger partial charge in [-0.2, -0.15) is 0 Å². The molecular weight excluding hydrogens is 380 g/mol. The van der Waals surface area contributed by atoms with Crippen molar-refractivity contribution in [1.82, 2.24) is 0 Å². The van der Waals surface area contributed by atoms with E-state index < -0.39 is 8.32 Å². The molecule has 0 spiro atoms. The fourth-order valence-electron chi connectivity index (χ4n) is 3.61. The van der Waals surface area contributed by atoms with Gasteiger partial charge in [0, 0.05) is 6.42 Å². The van der Waals surface area contributed by atoms with Gasteiger partial charge in [0.1, 0.15) is 6.61 Å². The highest BCUT2D eigenvalue weighted by Gasteiger charge is 2.49. The minimum atomic E-state index is -2.51. The zero-order valence-corrected chi connectivity index (χ0v) is 19.1. The Kier molecular flexibility index (Phi) is 9.08. The molecule has 0 radical (unpaired) electrons. The third kappa shape index (κ3) is 6.26. The van der Waals surface area contributed by atoms with Gasteiger partial charge in [0.25, 0.3) is 8.32 Å². The molecule has 2 rings (SSSR count). The van der Waals surface area contributed by atoms with Gasteiger partial charge in [-0.15, -0.1) is 0 Å². The molecule has 2 aromatic carbocycles. The quantitative estimate of drug-likeness (QED) is 0.318. The van der Waals surface area contributed by atoms with Crippen LogP contribution in [-0.2, 0) is 18.7 Å². The van der Waals surface area contributed by atoms with Gasteiger partial charge in [-0.3, -0.25) is 4.79 Å². The van der Waals surface area contributed by atoms with Gasteiger partial charge in [-0.25, -0.2) is 0 Å². The standard InChI is InChI=1S/C24H34O4Si/c1-5-12-23(25)27-19-17-26-18-20-28-29(24(2,3)4,21-13-8-6-9-14-21)22-15-10-7-11-16-22/h6-11,13-16H,5,12,17-20H2,1-4H3. The smallest absolute Gasteiger partial charge is 0.305 e. The molecule has 0 aromatic heterocycles. The molecule has 0 unspecified atom stereocenters. The van der Waals surface area contributed by atoms with Crippen LogP contribution in [0.25, 0.3) is 0 Å². The minimum absolute atomic E-state index is 0.0502. The Balaban J connectivity index is 2.07. The van der Waals surface area contributed by atoms with Gasteiger partial charge >= 0.3 is 5.97 Å². The molecule has 0 heterocycles. The van der Waals surface area contributed by atoms with Crippen LogP contribution in [0.3, 0.4) is 0 Å². The summed E-state index contributed by atoms with van der Waals surface area (Å²) in [6.07, 6.45) is 1.25. The summed E-state index contributed by atoms with van der Waals surface area (Å²) in [5, 5.41) is 2.46. The number of benzene rings is 2. The van der Waals surface area contributed by atoms with Crippen LogP contribution in [0.2, 0.25) is 5.04 Å². The lowest BCUT2D eigenvalue weighted by atomic mass is 10.2. The Morgan fingerprint density at radius 2 is 1.34 bits per heavy atom. The van der Waals surface area contributed by atoms with Crippen molar-refractivity contribution in [3.8, 4) is 0 Å². The number of carbonyl (C=O) groups excluding carboxylic acids is 1. The Hall–Kier alpha value is -1.95. The average Bonchev–Trinajstić information content (AvgIpc) is 2.71. The number of hydrogen-bond donors (Lipinski definition) is 0. The van der Waals surface area contributed by atoms with Crippen molar-refractivity contribution in [2.45, 2.75) is 45.6 Å². The molecule has 29 heavy (non-hydrogen) atoms. The van der Waals surface area contributed by atoms with Crippen LogP contribution in [0.5, 0.6) is 0 Å². The normalized spacial score (nSPS) is 12.0. The molecule has 0 fully saturated rings. The second-order valence-electron chi connectivity index (χ2n) is 8.09. The second kappa shape index (κ2) is 11.3. The van der Waals surface area contributed by atoms with Crippen molar-refractivity contribution in [3.05, 3.63) is 60.7 Å². The summed E-state index contributed by atoms with van der Waals surface area (Å²) in [5.74, 6) is -0.167. The zero-order chi connectivity index (χ0) is 21.2. The van der Waals surface area contributed by atoms with Crippen LogP contribution in [0.1, 0.15) is 40.5 Å². The van der Waals surface area contributed by atoms with Crippen LogP contribution >= 0.6 is 0 Å². The summed E-state index contributed by atoms with van der Waals surface area (Å²) in [7, 11) is -2.51. The van der Waals surface area contributed by atoms with Crippen molar-refractivity contribution in [2.75, 3.05) is 26.4 Å². The van der Waals surface area contributed by atoms with E-state index in [1.807, 2.05) is 19.1 Å². The van der Waals surface area contributed by atoms with E-state index in [0.29, 0.717) is 26.2 Å². The SMILES string of the molecule is CCCC(=O)OCCOCCO[Si](c1ccccc1)(c1ccccc1)C(C)(C)C. The van der Waals surface area contributed by atoms with Gasteiger partial charge in [0.05, 0.1) is 19.8 Å². The third-order valence-corrected chi connectivity index (χ3v) is 9.95. The van der Waals surface area contributed by atoms with E-state index >= 15 is 0 Å². The lowest BCUT2D eigenvalue weighted by Crippen LogP contribution is -2.66. The van der Waals surface area contributed by atoms with Crippen molar-refractivity contribution >= 4 is 24.7 Å². The summed E-state index contributed by atoms with van der Waals surface area (Å²) in [6.45, 7) is 10.4. The molecule has 0 aliphatic heterocycles. The summed E-state index contributed by atoms with van der Waals surface area (Å²) in [5.41, 5.74) is 0. The maximum absolute atomic E-state index is 11.4. The Morgan fingerprint density at radius 1 is 0.828 bits per heavy atom. The van der Waals surface area contributed by atoms with Crippen LogP contribution in [0.4, 0.5) is 0 Å². The molecular formula is C24H34O4Si. The highest BCUT2D eigenvalue weighted by molar-refractivity contribution is 6.99. The van der Waals surface area contributed by atoms with Crippen LogP contribution < -0.4 is 10.4 Å². The summed E-state index contributed by atoms with van der Waals surface area (Å²) in [6, 6.07) is 21.1. The molecule has 0 aliphatic carbocycles. The molecule has 0 saturated carbocycles. The monoisotopic (exact) mass is 414 g/mol. The fraction of sp³-hybridized carbons (Fsp3) is 0.458. The molecule has 0 amide bonds. The lowest BCUT2D eigenvalue weighted by molar-refractivity contribution is -0.145. The van der Waals surface area contributed by atoms with Crippen LogP contribution in [-0.4, -0.2) is 40.7 Å². The van der Waals surface area contributed by atoms with Crippen molar-refractivity contribution < 1.29 is 18.7 Å². The Bertz CT molecular complexity index is 686. The Morgan fingerprint density at radius 3 is 1.83 bits per heavy atom. The van der Waals surface area contributed by atoms with E-state index in [2.05, 4.69) is 69.3 Å². The Labute approximate surface area is 176 Å². The van der Waals surface area contributed by atoms with Gasteiger partial charge in [-0.05, 0) is 21.8 Å². The summed E-state index contributed by atoms with van der Waals surface area (Å²) < 4.78 is 17.5. The lowest BCUT2D eigenvalue weighted by Gasteiger charge is -2.43. The van der Waals surface area contributed by atoms with Crippen molar-refractivity contribution in [1.29, 1.82) is 0 Å². The summed E-state index contributed by atoms with van der Waals surface area (Å²) >= 11 is 0. The van der Waals surface area contributed by atoms with Gasteiger partial charge in [0.2, 0.25) is 0 Å². The number of rotatable bonds is 11. The highest BCUT2D eigenvalue weighted by atomic mass is 28.4. The first-order chi connectivity index (χ1) is 13.9. The molecule has 2 aromatic rings. The van der Waals surface area contributed by atoms with Crippen LogP contribution in [0.15, 0.2) is 60.7 Å². The van der Waals surface area contributed by atoms with E-state index in [4.69, 9.17) is 13.9 Å². The molecule has 158 valence electrons. The number of carbonyl (C=O) groups is 1. The van der Waals surface area contributed by atoms with E-state index in [-0.39, 0.29) is 17.6 Å². The predicted octanol–water partition coefficient (Wildman–Crippen LogP) is 3.92. The van der Waals surface area contributed by atoms with Crippen LogP contribution in [0, 0.1) is 0 Å². The minimum Gasteiger partial charge on any atom is -0.463 e. The molecule has 0 saturated heterocycles. The molecule has 0 N–H and O–H groups in total. The molecule has 5 heteroatoms. The number of ether oxygens (including phenoxy) is 2. The van der Waals surface area contributed by atoms with E-state index in [9.17, 15) is 4.79 Å². The predicted molar refractivity (Wildman–Crippen MR) is 120 cm³/mol. The first-order valence-corrected chi connectivity index (χ1v) is 12.3. The fourth-order valence-corrected chi connectivity index (χ4v) is 8.15. The first kappa shape index (κ1) is 23.3. The van der Waals surface area contributed by atoms with Gasteiger partial charge in [0.15, 0.2) is 0 Å². The second-order valence-corrected chi connectivity index (χ2v) is 12.4. The number of hydrogen-bond acceptors (Lipinski definition) is 4. The third-order valence-electron chi connectivity index (χ3n) is 4.91.